The van der Waals surface area contributed by atoms with Gasteiger partial charge in [-0.2, -0.15) is 13.2 Å². The number of nitrogens with zero attached hydrogens (tertiary/aromatic N) is 7. The predicted molar refractivity (Wildman–Crippen MR) is 329 cm³/mol. The minimum Gasteiger partial charge on any atom is -0.354 e. The third-order valence-corrected chi connectivity index (χ3v) is 20.0. The largest absolute Gasteiger partial charge is 0.393 e. The second kappa shape index (κ2) is 33.0. The van der Waals surface area contributed by atoms with Crippen LogP contribution >= 0.6 is 11.6 Å². The highest BCUT2D eigenvalue weighted by Crippen LogP contribution is 2.44. The number of halogens is 4. The monoisotopic (exact) mass is 1280 g/mol. The third kappa shape index (κ3) is 19.6. The molecular weight excluding hydrogens is 1180 g/mol. The van der Waals surface area contributed by atoms with Crippen molar-refractivity contribution >= 4 is 76.6 Å². The van der Waals surface area contributed by atoms with Gasteiger partial charge in [0.25, 0.3) is 0 Å². The third-order valence-electron chi connectivity index (χ3n) is 19.5. The topological polar surface area (TPSA) is 259 Å². The number of nitrogens with one attached hydrogen (secondary N) is 4. The Balaban J connectivity index is 1.51. The predicted octanol–water partition coefficient (Wildman–Crippen LogP) is 4.84. The summed E-state index contributed by atoms with van der Waals surface area (Å²) in [6, 6.07) is -6.73. The number of carbonyl (C=O) groups excluding carboxylic acids is 11. The number of likely N-dealkylation sites (N-methyl/N-ethyl adjacent to an activating group) is 6. The Kier molecular flexibility index (Phi) is 27.4. The lowest BCUT2D eigenvalue weighted by atomic mass is 9.78. The standard InChI is InChI=1S/C63H103ClF3N11O11/c1-13-40(6)53-60(88)74(9)36-51(81)72(7)37-52(82)76(11)48(34-41-20-15-14-16-21-41)59(87)73(8)35-49(79)69-45(26-24-42-23-25-43(44(64)33-42)63(65,66)67)58(86)78-31-19-22-46(78)56(84)71-62(28-17-18-29-62)61(89)77(12)54(39(4)5)57(85)68-30-27-50(80)75(10)47(32-38(2)3)55(83)70-53/h38-48,53-54H,13-37H2,1-12H3,(H,68,85)(H,69,79)(H,70,83)(H,71,84)/t40-,42?,43?,44?,45-,46-,47-,48-,53-,54-/m0/s1. The molecule has 5 fully saturated rings. The number of amides is 11. The maximum atomic E-state index is 15.0. The van der Waals surface area contributed by atoms with E-state index in [1.807, 2.05) is 20.8 Å². The van der Waals surface area contributed by atoms with Gasteiger partial charge >= 0.3 is 6.18 Å². The Labute approximate surface area is 529 Å². The first-order valence-electron chi connectivity index (χ1n) is 32.5. The highest BCUT2D eigenvalue weighted by atomic mass is 35.5. The molecule has 5 aliphatic rings. The summed E-state index contributed by atoms with van der Waals surface area (Å²) in [7, 11) is 8.60. The zero-order valence-corrected chi connectivity index (χ0v) is 55.6. The highest BCUT2D eigenvalue weighted by Gasteiger charge is 2.50. The van der Waals surface area contributed by atoms with E-state index in [2.05, 4.69) is 21.3 Å². The van der Waals surface area contributed by atoms with Crippen LogP contribution < -0.4 is 21.3 Å². The van der Waals surface area contributed by atoms with E-state index in [4.69, 9.17) is 11.6 Å². The van der Waals surface area contributed by atoms with Gasteiger partial charge in [0.05, 0.1) is 25.6 Å². The maximum absolute atomic E-state index is 15.0. The molecule has 2 heterocycles. The van der Waals surface area contributed by atoms with Crippen LogP contribution in [-0.4, -0.2) is 228 Å². The van der Waals surface area contributed by atoms with Gasteiger partial charge in [0.2, 0.25) is 65.0 Å². The molecule has 89 heavy (non-hydrogen) atoms. The molecule has 1 spiro atoms. The summed E-state index contributed by atoms with van der Waals surface area (Å²) in [4.78, 5) is 167. The van der Waals surface area contributed by atoms with Crippen molar-refractivity contribution in [2.24, 2.45) is 35.5 Å². The maximum Gasteiger partial charge on any atom is 0.393 e. The average molecular weight is 1280 g/mol. The zero-order chi connectivity index (χ0) is 66.4. The lowest BCUT2D eigenvalue weighted by molar-refractivity contribution is -0.182. The van der Waals surface area contributed by atoms with E-state index in [9.17, 15) is 61.1 Å². The molecule has 3 aliphatic carbocycles. The van der Waals surface area contributed by atoms with Gasteiger partial charge in [0, 0.05) is 67.2 Å². The van der Waals surface area contributed by atoms with Gasteiger partial charge in [0.1, 0.15) is 41.8 Å². The van der Waals surface area contributed by atoms with E-state index in [0.717, 1.165) is 41.9 Å². The Morgan fingerprint density at radius 3 is 1.83 bits per heavy atom. The Morgan fingerprint density at radius 2 is 1.24 bits per heavy atom. The van der Waals surface area contributed by atoms with Crippen molar-refractivity contribution in [3.63, 3.8) is 0 Å². The van der Waals surface area contributed by atoms with Gasteiger partial charge in [-0.1, -0.05) is 92.9 Å². The SMILES string of the molecule is CC[C@H](C)[C@@H]1NC(=O)[C@H](CC(C)C)N(C)C(=O)CCNC(=O)[C@H](C(C)C)N(C)C(=O)C2(CCCC2)NC(=O)[C@@H]2CCCN2C(=O)[C@H](CCC2CCC(C(F)(F)F)C(Cl)C2)NC(=O)CN(C)C(=O)[C@H](CC2CCCCC2)N(C)C(=O)CN(C)C(=O)CN(C)C1=O. The second-order valence-electron chi connectivity index (χ2n) is 27.1. The fourth-order valence-corrected chi connectivity index (χ4v) is 14.3. The molecule has 3 saturated carbocycles. The molecule has 0 bridgehead atoms. The summed E-state index contributed by atoms with van der Waals surface area (Å²) in [6.07, 6.45) is 2.94. The van der Waals surface area contributed by atoms with Crippen LogP contribution in [0.3, 0.4) is 0 Å². The van der Waals surface area contributed by atoms with Crippen LogP contribution in [0, 0.1) is 35.5 Å². The molecule has 4 N–H and O–H groups in total. The molecule has 504 valence electrons. The van der Waals surface area contributed by atoms with Crippen molar-refractivity contribution in [2.45, 2.75) is 223 Å². The van der Waals surface area contributed by atoms with Crippen LogP contribution in [0.1, 0.15) is 170 Å². The van der Waals surface area contributed by atoms with E-state index >= 15 is 4.79 Å². The molecule has 3 unspecified atom stereocenters. The first-order chi connectivity index (χ1) is 41.7. The molecule has 0 radical (unpaired) electrons. The molecule has 5 rings (SSSR count). The summed E-state index contributed by atoms with van der Waals surface area (Å²) in [6.45, 7) is 9.29. The average Bonchev–Trinajstić information content (AvgIpc) is 3.43. The second-order valence-corrected chi connectivity index (χ2v) is 27.6. The smallest absolute Gasteiger partial charge is 0.354 e. The first kappa shape index (κ1) is 74.0. The summed E-state index contributed by atoms with van der Waals surface area (Å²) in [5, 5.41) is 10.3. The van der Waals surface area contributed by atoms with Crippen LogP contribution in [0.4, 0.5) is 13.2 Å². The minimum atomic E-state index is -4.49. The quantitative estimate of drug-likeness (QED) is 0.215. The van der Waals surface area contributed by atoms with Crippen LogP contribution in [0.15, 0.2) is 0 Å². The van der Waals surface area contributed by atoms with E-state index in [-0.39, 0.29) is 101 Å². The van der Waals surface area contributed by atoms with Gasteiger partial charge in [-0.15, -0.1) is 11.6 Å². The molecule has 22 nitrogen and oxygen atoms in total. The van der Waals surface area contributed by atoms with E-state index in [0.29, 0.717) is 25.7 Å². The number of carbonyl (C=O) groups is 11. The molecule has 0 aromatic carbocycles. The van der Waals surface area contributed by atoms with Crippen molar-refractivity contribution in [2.75, 3.05) is 75.0 Å². The summed E-state index contributed by atoms with van der Waals surface area (Å²) in [5.41, 5.74) is -1.47. The molecule has 2 aliphatic heterocycles. The van der Waals surface area contributed by atoms with E-state index < -0.39 is 156 Å². The molecule has 10 atom stereocenters. The van der Waals surface area contributed by atoms with Gasteiger partial charge < -0.3 is 55.6 Å². The van der Waals surface area contributed by atoms with Gasteiger partial charge in [-0.05, 0) is 100 Å². The fourth-order valence-electron chi connectivity index (χ4n) is 13.8. The first-order valence-corrected chi connectivity index (χ1v) is 32.9. The van der Waals surface area contributed by atoms with Crippen molar-refractivity contribution in [3.8, 4) is 0 Å². The highest BCUT2D eigenvalue weighted by molar-refractivity contribution is 6.20. The normalized spacial score (nSPS) is 29.2. The zero-order valence-electron chi connectivity index (χ0n) is 54.8. The summed E-state index contributed by atoms with van der Waals surface area (Å²) in [5.74, 6) is -9.54. The Hall–Kier alpha value is -5.75. The van der Waals surface area contributed by atoms with Crippen LogP contribution in [0.2, 0.25) is 0 Å². The van der Waals surface area contributed by atoms with Crippen LogP contribution in [-0.2, 0) is 52.7 Å². The lowest BCUT2D eigenvalue weighted by Crippen LogP contribution is -2.64. The number of rotatable bonds is 10. The fraction of sp³-hybridized carbons (Fsp3) is 0.825. The Morgan fingerprint density at radius 1 is 0.618 bits per heavy atom. The number of fused-ring (bicyclic) bond motifs is 1. The van der Waals surface area contributed by atoms with Gasteiger partial charge in [-0.25, -0.2) is 0 Å². The molecule has 11 amide bonds. The number of hydrogen-bond acceptors (Lipinski definition) is 11. The molecule has 0 aromatic heterocycles. The van der Waals surface area contributed by atoms with Crippen molar-refractivity contribution < 1.29 is 65.9 Å². The van der Waals surface area contributed by atoms with Crippen LogP contribution in [0.25, 0.3) is 0 Å². The summed E-state index contributed by atoms with van der Waals surface area (Å²) < 4.78 is 41.7. The molecule has 0 aromatic rings. The van der Waals surface area contributed by atoms with Crippen molar-refractivity contribution in [1.82, 2.24) is 55.6 Å². The van der Waals surface area contributed by atoms with Crippen molar-refractivity contribution in [3.05, 3.63) is 0 Å². The molecule has 26 heteroatoms. The summed E-state index contributed by atoms with van der Waals surface area (Å²) >= 11 is 6.35. The van der Waals surface area contributed by atoms with Gasteiger partial charge in [0.15, 0.2) is 0 Å². The minimum absolute atomic E-state index is 0.0155. The Bertz CT molecular complexity index is 2510. The van der Waals surface area contributed by atoms with Gasteiger partial charge in [-0.3, -0.25) is 52.7 Å². The number of alkyl halides is 4. The molecular formula is C63H103ClF3N11O11. The molecule has 2 saturated heterocycles. The lowest BCUT2D eigenvalue weighted by Gasteiger charge is -2.39. The van der Waals surface area contributed by atoms with Crippen LogP contribution in [0.5, 0.6) is 0 Å². The van der Waals surface area contributed by atoms with E-state index in [1.54, 1.807) is 20.8 Å². The van der Waals surface area contributed by atoms with E-state index in [1.165, 1.54) is 66.8 Å². The van der Waals surface area contributed by atoms with Crippen molar-refractivity contribution in [1.29, 1.82) is 0 Å². The number of hydrogen-bond donors (Lipinski definition) is 4.